The topological polar surface area (TPSA) is 46.3 Å². The molecule has 0 saturated heterocycles. The summed E-state index contributed by atoms with van der Waals surface area (Å²) in [5.41, 5.74) is 5.33. The summed E-state index contributed by atoms with van der Waals surface area (Å²) in [6.07, 6.45) is 0. The first-order valence-electron chi connectivity index (χ1n) is 4.95. The predicted molar refractivity (Wildman–Crippen MR) is 55.3 cm³/mol. The van der Waals surface area contributed by atoms with Crippen LogP contribution >= 0.6 is 0 Å². The fourth-order valence-corrected chi connectivity index (χ4v) is 1.29. The normalized spacial score (nSPS) is 11.0. The van der Waals surface area contributed by atoms with Crippen molar-refractivity contribution in [2.75, 3.05) is 19.6 Å². The van der Waals surface area contributed by atoms with Gasteiger partial charge in [0.15, 0.2) is 0 Å². The number of hydrogen-bond acceptors (Lipinski definition) is 2. The van der Waals surface area contributed by atoms with Crippen LogP contribution in [-0.2, 0) is 4.79 Å². The van der Waals surface area contributed by atoms with Crippen molar-refractivity contribution in [3.8, 4) is 0 Å². The lowest BCUT2D eigenvalue weighted by Crippen LogP contribution is -2.40. The van der Waals surface area contributed by atoms with Gasteiger partial charge in [-0.3, -0.25) is 4.79 Å². The third-order valence-electron chi connectivity index (χ3n) is 1.70. The molecule has 2 N–H and O–H groups in total. The van der Waals surface area contributed by atoms with E-state index in [1.807, 2.05) is 4.90 Å². The smallest absolute Gasteiger partial charge is 0.236 e. The number of nitrogens with zero attached hydrogens (tertiary/aromatic N) is 1. The number of rotatable bonds is 5. The maximum absolute atomic E-state index is 11.4. The van der Waals surface area contributed by atoms with E-state index in [4.69, 9.17) is 5.73 Å². The fraction of sp³-hybridized carbons (Fsp3) is 0.900. The van der Waals surface area contributed by atoms with E-state index in [9.17, 15) is 4.79 Å². The molecular weight excluding hydrogens is 164 g/mol. The van der Waals surface area contributed by atoms with Crippen molar-refractivity contribution < 1.29 is 4.79 Å². The number of nitrogens with two attached hydrogens (primary N) is 1. The van der Waals surface area contributed by atoms with Crippen molar-refractivity contribution in [3.05, 3.63) is 0 Å². The highest BCUT2D eigenvalue weighted by molar-refractivity contribution is 5.78. The largest absolute Gasteiger partial charge is 0.341 e. The van der Waals surface area contributed by atoms with E-state index in [2.05, 4.69) is 27.7 Å². The molecule has 0 aromatic heterocycles. The van der Waals surface area contributed by atoms with E-state index in [0.29, 0.717) is 11.8 Å². The van der Waals surface area contributed by atoms with Crippen molar-refractivity contribution in [3.63, 3.8) is 0 Å². The molecule has 0 aromatic rings. The van der Waals surface area contributed by atoms with Crippen LogP contribution in [0.1, 0.15) is 27.7 Å². The molecule has 0 aliphatic heterocycles. The van der Waals surface area contributed by atoms with Gasteiger partial charge in [0, 0.05) is 13.1 Å². The van der Waals surface area contributed by atoms with E-state index < -0.39 is 0 Å². The molecule has 0 aromatic carbocycles. The van der Waals surface area contributed by atoms with Crippen molar-refractivity contribution in [2.24, 2.45) is 17.6 Å². The van der Waals surface area contributed by atoms with Gasteiger partial charge in [-0.1, -0.05) is 27.7 Å². The maximum Gasteiger partial charge on any atom is 0.236 e. The lowest BCUT2D eigenvalue weighted by atomic mass is 10.1. The Balaban J connectivity index is 4.10. The zero-order valence-corrected chi connectivity index (χ0v) is 9.21. The molecule has 13 heavy (non-hydrogen) atoms. The standard InChI is InChI=1S/C10H22N2O/c1-8(2)6-12(7-9(3)4)10(13)5-11/h8-9H,5-7,11H2,1-4H3. The monoisotopic (exact) mass is 186 g/mol. The molecular formula is C10H22N2O. The molecule has 0 rings (SSSR count). The van der Waals surface area contributed by atoms with E-state index in [-0.39, 0.29) is 12.5 Å². The highest BCUT2D eigenvalue weighted by atomic mass is 16.2. The van der Waals surface area contributed by atoms with Gasteiger partial charge in [-0.25, -0.2) is 0 Å². The summed E-state index contributed by atoms with van der Waals surface area (Å²) < 4.78 is 0. The Hall–Kier alpha value is -0.570. The van der Waals surface area contributed by atoms with E-state index in [0.717, 1.165) is 13.1 Å². The summed E-state index contributed by atoms with van der Waals surface area (Å²) in [4.78, 5) is 13.2. The summed E-state index contributed by atoms with van der Waals surface area (Å²) in [7, 11) is 0. The molecule has 0 unspecified atom stereocenters. The Bertz CT molecular complexity index is 145. The van der Waals surface area contributed by atoms with E-state index >= 15 is 0 Å². The van der Waals surface area contributed by atoms with Crippen LogP contribution in [0.3, 0.4) is 0 Å². The van der Waals surface area contributed by atoms with Gasteiger partial charge in [-0.05, 0) is 11.8 Å². The van der Waals surface area contributed by atoms with Gasteiger partial charge >= 0.3 is 0 Å². The molecule has 78 valence electrons. The second kappa shape index (κ2) is 5.97. The quantitative estimate of drug-likeness (QED) is 0.698. The van der Waals surface area contributed by atoms with Crippen LogP contribution in [0.5, 0.6) is 0 Å². The van der Waals surface area contributed by atoms with Gasteiger partial charge in [0.25, 0.3) is 0 Å². The first kappa shape index (κ1) is 12.4. The summed E-state index contributed by atoms with van der Waals surface area (Å²) in [6, 6.07) is 0. The van der Waals surface area contributed by atoms with Crippen molar-refractivity contribution in [1.29, 1.82) is 0 Å². The third kappa shape index (κ3) is 5.64. The minimum absolute atomic E-state index is 0.0578. The van der Waals surface area contributed by atoms with Gasteiger partial charge in [0.2, 0.25) is 5.91 Å². The molecule has 0 saturated carbocycles. The fourth-order valence-electron chi connectivity index (χ4n) is 1.29. The number of amides is 1. The molecule has 0 aliphatic carbocycles. The Labute approximate surface area is 81.3 Å². The zero-order valence-electron chi connectivity index (χ0n) is 9.21. The molecule has 0 atom stereocenters. The highest BCUT2D eigenvalue weighted by Crippen LogP contribution is 2.03. The van der Waals surface area contributed by atoms with Crippen LogP contribution < -0.4 is 5.73 Å². The summed E-state index contributed by atoms with van der Waals surface area (Å²) in [5.74, 6) is 1.07. The Morgan fingerprint density at radius 1 is 1.15 bits per heavy atom. The van der Waals surface area contributed by atoms with Crippen LogP contribution in [0.15, 0.2) is 0 Å². The summed E-state index contributed by atoms with van der Waals surface area (Å²) in [5, 5.41) is 0. The first-order valence-corrected chi connectivity index (χ1v) is 4.95. The zero-order chi connectivity index (χ0) is 10.4. The van der Waals surface area contributed by atoms with Crippen molar-refractivity contribution >= 4 is 5.91 Å². The SMILES string of the molecule is CC(C)CN(CC(C)C)C(=O)CN. The van der Waals surface area contributed by atoms with Gasteiger partial charge in [0.05, 0.1) is 6.54 Å². The van der Waals surface area contributed by atoms with Crippen LogP contribution in [0.4, 0.5) is 0 Å². The van der Waals surface area contributed by atoms with Gasteiger partial charge in [-0.2, -0.15) is 0 Å². The lowest BCUT2D eigenvalue weighted by Gasteiger charge is -2.25. The molecule has 0 fully saturated rings. The maximum atomic E-state index is 11.4. The van der Waals surface area contributed by atoms with Gasteiger partial charge in [-0.15, -0.1) is 0 Å². The molecule has 0 heterocycles. The minimum atomic E-state index is 0.0578. The minimum Gasteiger partial charge on any atom is -0.341 e. The number of carbonyl (C=O) groups excluding carboxylic acids is 1. The highest BCUT2D eigenvalue weighted by Gasteiger charge is 2.13. The first-order chi connectivity index (χ1) is 5.97. The Morgan fingerprint density at radius 2 is 1.54 bits per heavy atom. The van der Waals surface area contributed by atoms with Crippen LogP contribution in [0, 0.1) is 11.8 Å². The number of hydrogen-bond donors (Lipinski definition) is 1. The van der Waals surface area contributed by atoms with E-state index in [1.165, 1.54) is 0 Å². The predicted octanol–water partition coefficient (Wildman–Crippen LogP) is 1.09. The summed E-state index contributed by atoms with van der Waals surface area (Å²) >= 11 is 0. The molecule has 0 radical (unpaired) electrons. The average molecular weight is 186 g/mol. The second-order valence-electron chi connectivity index (χ2n) is 4.29. The average Bonchev–Trinajstić information content (AvgIpc) is 2.00. The van der Waals surface area contributed by atoms with Crippen molar-refractivity contribution in [2.45, 2.75) is 27.7 Å². The lowest BCUT2D eigenvalue weighted by molar-refractivity contribution is -0.130. The third-order valence-corrected chi connectivity index (χ3v) is 1.70. The van der Waals surface area contributed by atoms with Crippen LogP contribution in [-0.4, -0.2) is 30.4 Å². The number of carbonyl (C=O) groups is 1. The molecule has 0 spiro atoms. The molecule has 0 bridgehead atoms. The molecule has 3 nitrogen and oxygen atoms in total. The Kier molecular flexibility index (Phi) is 5.71. The molecule has 3 heteroatoms. The van der Waals surface area contributed by atoms with Gasteiger partial charge < -0.3 is 10.6 Å². The van der Waals surface area contributed by atoms with Crippen LogP contribution in [0.25, 0.3) is 0 Å². The van der Waals surface area contributed by atoms with Crippen molar-refractivity contribution in [1.82, 2.24) is 4.90 Å². The molecule has 1 amide bonds. The van der Waals surface area contributed by atoms with E-state index in [1.54, 1.807) is 0 Å². The second-order valence-corrected chi connectivity index (χ2v) is 4.29. The summed E-state index contributed by atoms with van der Waals surface area (Å²) in [6.45, 7) is 10.2. The molecule has 0 aliphatic rings. The van der Waals surface area contributed by atoms with Gasteiger partial charge in [0.1, 0.15) is 0 Å². The Morgan fingerprint density at radius 3 is 1.77 bits per heavy atom. The van der Waals surface area contributed by atoms with Crippen LogP contribution in [0.2, 0.25) is 0 Å².